The summed E-state index contributed by atoms with van der Waals surface area (Å²) >= 11 is 0. The zero-order chi connectivity index (χ0) is 12.6. The molecule has 0 saturated carbocycles. The number of carbonyl (C=O) groups is 1. The first-order valence-electron chi connectivity index (χ1n) is 5.95. The third kappa shape index (κ3) is 2.12. The van der Waals surface area contributed by atoms with Crippen LogP contribution in [-0.4, -0.2) is 17.4 Å². The van der Waals surface area contributed by atoms with Gasteiger partial charge in [0, 0.05) is 18.5 Å². The lowest BCUT2D eigenvalue weighted by Gasteiger charge is -2.39. The summed E-state index contributed by atoms with van der Waals surface area (Å²) in [7, 11) is 0. The van der Waals surface area contributed by atoms with E-state index in [2.05, 4.69) is 45.5 Å². The van der Waals surface area contributed by atoms with Gasteiger partial charge >= 0.3 is 0 Å². The fraction of sp³-hybridized carbons (Fsp3) is 0.400. The summed E-state index contributed by atoms with van der Waals surface area (Å²) in [6.45, 7) is 11.5. The molecule has 2 heteroatoms. The van der Waals surface area contributed by atoms with Crippen LogP contribution in [0.2, 0.25) is 0 Å². The third-order valence-electron chi connectivity index (χ3n) is 3.42. The number of amides is 1. The minimum absolute atomic E-state index is 0.0138. The van der Waals surface area contributed by atoms with Crippen LogP contribution in [0.15, 0.2) is 30.9 Å². The predicted octanol–water partition coefficient (Wildman–Crippen LogP) is 2.80. The molecule has 90 valence electrons. The Morgan fingerprint density at radius 3 is 2.82 bits per heavy atom. The molecule has 1 aromatic carbocycles. The molecule has 2 nitrogen and oxygen atoms in total. The van der Waals surface area contributed by atoms with Gasteiger partial charge in [-0.25, -0.2) is 0 Å². The Morgan fingerprint density at radius 2 is 2.18 bits per heavy atom. The van der Waals surface area contributed by atoms with Crippen LogP contribution in [-0.2, 0) is 16.8 Å². The third-order valence-corrected chi connectivity index (χ3v) is 3.42. The number of nitrogens with zero attached hydrogens (tertiary/aromatic N) is 1. The molecule has 0 saturated heterocycles. The minimum Gasteiger partial charge on any atom is -0.334 e. The van der Waals surface area contributed by atoms with Crippen molar-refractivity contribution in [3.05, 3.63) is 47.5 Å². The van der Waals surface area contributed by atoms with Gasteiger partial charge in [-0.05, 0) is 24.1 Å². The highest BCUT2D eigenvalue weighted by Gasteiger charge is 2.32. The van der Waals surface area contributed by atoms with Crippen LogP contribution in [0.5, 0.6) is 0 Å². The van der Waals surface area contributed by atoms with Gasteiger partial charge in [0.15, 0.2) is 0 Å². The van der Waals surface area contributed by atoms with Crippen molar-refractivity contribution in [2.45, 2.75) is 32.7 Å². The van der Waals surface area contributed by atoms with Crippen molar-refractivity contribution in [2.24, 2.45) is 0 Å². The molecular weight excluding hydrogens is 210 g/mol. The lowest BCUT2D eigenvalue weighted by molar-refractivity contribution is -0.127. The Hall–Kier alpha value is -1.57. The molecule has 2 rings (SSSR count). The molecule has 0 aromatic heterocycles. The van der Waals surface area contributed by atoms with Crippen LogP contribution in [0.4, 0.5) is 0 Å². The number of rotatable bonds is 1. The molecule has 0 aliphatic carbocycles. The van der Waals surface area contributed by atoms with Gasteiger partial charge in [-0.2, -0.15) is 0 Å². The maximum Gasteiger partial charge on any atom is 0.246 e. The van der Waals surface area contributed by atoms with Crippen LogP contribution >= 0.6 is 0 Å². The van der Waals surface area contributed by atoms with Gasteiger partial charge in [0.25, 0.3) is 0 Å². The molecule has 0 atom stereocenters. The first-order chi connectivity index (χ1) is 7.94. The van der Waals surface area contributed by atoms with Crippen LogP contribution in [0, 0.1) is 6.92 Å². The van der Waals surface area contributed by atoms with Crippen molar-refractivity contribution in [3.8, 4) is 0 Å². The van der Waals surface area contributed by atoms with Gasteiger partial charge in [0.1, 0.15) is 0 Å². The summed E-state index contributed by atoms with van der Waals surface area (Å²) in [5, 5.41) is 0. The van der Waals surface area contributed by atoms with E-state index in [1.165, 1.54) is 22.8 Å². The van der Waals surface area contributed by atoms with E-state index in [0.717, 1.165) is 6.54 Å². The molecule has 1 heterocycles. The van der Waals surface area contributed by atoms with Gasteiger partial charge in [-0.15, -0.1) is 0 Å². The summed E-state index contributed by atoms with van der Waals surface area (Å²) in [5.41, 5.74) is 3.88. The first kappa shape index (κ1) is 11.9. The van der Waals surface area contributed by atoms with E-state index in [-0.39, 0.29) is 11.3 Å². The van der Waals surface area contributed by atoms with E-state index in [1.54, 1.807) is 0 Å². The Labute approximate surface area is 103 Å². The number of hydrogen-bond acceptors (Lipinski definition) is 1. The van der Waals surface area contributed by atoms with Crippen molar-refractivity contribution in [3.63, 3.8) is 0 Å². The van der Waals surface area contributed by atoms with Crippen LogP contribution in [0.3, 0.4) is 0 Å². The molecule has 0 radical (unpaired) electrons. The Kier molecular flexibility index (Phi) is 2.82. The van der Waals surface area contributed by atoms with Crippen LogP contribution in [0.1, 0.15) is 30.5 Å². The maximum atomic E-state index is 11.8. The molecule has 0 spiro atoms. The van der Waals surface area contributed by atoms with Crippen molar-refractivity contribution in [1.29, 1.82) is 0 Å². The molecule has 0 fully saturated rings. The topological polar surface area (TPSA) is 20.3 Å². The number of aryl methyl sites for hydroxylation is 1. The minimum atomic E-state index is 0.0138. The quantitative estimate of drug-likeness (QED) is 0.678. The SMILES string of the molecule is C=CC(=O)N1Cc2cc(C)ccc2C(C)(C)C1. The number of benzene rings is 1. The molecular formula is C15H19NO. The van der Waals surface area contributed by atoms with E-state index in [0.29, 0.717) is 6.54 Å². The molecule has 17 heavy (non-hydrogen) atoms. The summed E-state index contributed by atoms with van der Waals surface area (Å²) in [6, 6.07) is 6.52. The van der Waals surface area contributed by atoms with Gasteiger partial charge in [-0.1, -0.05) is 44.2 Å². The van der Waals surface area contributed by atoms with Gasteiger partial charge in [0.2, 0.25) is 5.91 Å². The van der Waals surface area contributed by atoms with Gasteiger partial charge < -0.3 is 4.90 Å². The monoisotopic (exact) mass is 229 g/mol. The highest BCUT2D eigenvalue weighted by Crippen LogP contribution is 2.33. The second-order valence-electron chi connectivity index (χ2n) is 5.44. The average Bonchev–Trinajstić information content (AvgIpc) is 2.26. The van der Waals surface area contributed by atoms with Crippen LogP contribution in [0.25, 0.3) is 0 Å². The summed E-state index contributed by atoms with van der Waals surface area (Å²) < 4.78 is 0. The zero-order valence-corrected chi connectivity index (χ0v) is 10.8. The lowest BCUT2D eigenvalue weighted by atomic mass is 9.78. The number of carbonyl (C=O) groups excluding carboxylic acids is 1. The standard InChI is InChI=1S/C15H19NO/c1-5-14(17)16-9-12-8-11(2)6-7-13(12)15(3,4)10-16/h5-8H,1,9-10H2,2-4H3. The van der Waals surface area contributed by atoms with E-state index in [1.807, 2.05) is 4.90 Å². The molecule has 1 aromatic rings. The maximum absolute atomic E-state index is 11.8. The lowest BCUT2D eigenvalue weighted by Crippen LogP contribution is -2.44. The number of fused-ring (bicyclic) bond motifs is 1. The van der Waals surface area contributed by atoms with Crippen molar-refractivity contribution < 1.29 is 4.79 Å². The zero-order valence-electron chi connectivity index (χ0n) is 10.8. The molecule has 0 unspecified atom stereocenters. The average molecular weight is 229 g/mol. The molecule has 1 amide bonds. The van der Waals surface area contributed by atoms with Crippen LogP contribution < -0.4 is 0 Å². The second-order valence-corrected chi connectivity index (χ2v) is 5.44. The Bertz CT molecular complexity index is 474. The summed E-state index contributed by atoms with van der Waals surface area (Å²) in [6.07, 6.45) is 1.40. The van der Waals surface area contributed by atoms with E-state index in [4.69, 9.17) is 0 Å². The van der Waals surface area contributed by atoms with E-state index >= 15 is 0 Å². The van der Waals surface area contributed by atoms with E-state index < -0.39 is 0 Å². The first-order valence-corrected chi connectivity index (χ1v) is 5.95. The van der Waals surface area contributed by atoms with Gasteiger partial charge in [0.05, 0.1) is 0 Å². The van der Waals surface area contributed by atoms with Gasteiger partial charge in [-0.3, -0.25) is 4.79 Å². The molecule has 1 aliphatic heterocycles. The Morgan fingerprint density at radius 1 is 1.47 bits per heavy atom. The smallest absolute Gasteiger partial charge is 0.246 e. The normalized spacial score (nSPS) is 17.5. The predicted molar refractivity (Wildman–Crippen MR) is 69.8 cm³/mol. The fourth-order valence-corrected chi connectivity index (χ4v) is 2.62. The molecule has 1 aliphatic rings. The number of hydrogen-bond donors (Lipinski definition) is 0. The molecule has 0 bridgehead atoms. The molecule has 0 N–H and O–H groups in total. The second kappa shape index (κ2) is 4.02. The van der Waals surface area contributed by atoms with Crippen molar-refractivity contribution in [2.75, 3.05) is 6.54 Å². The van der Waals surface area contributed by atoms with Crippen molar-refractivity contribution >= 4 is 5.91 Å². The van der Waals surface area contributed by atoms with E-state index in [9.17, 15) is 4.79 Å². The highest BCUT2D eigenvalue weighted by molar-refractivity contribution is 5.87. The highest BCUT2D eigenvalue weighted by atomic mass is 16.2. The fourth-order valence-electron chi connectivity index (χ4n) is 2.62. The summed E-state index contributed by atoms with van der Waals surface area (Å²) in [4.78, 5) is 13.6. The largest absolute Gasteiger partial charge is 0.334 e. The van der Waals surface area contributed by atoms with Crippen molar-refractivity contribution in [1.82, 2.24) is 4.90 Å². The Balaban J connectivity index is 2.44. The summed E-state index contributed by atoms with van der Waals surface area (Å²) in [5.74, 6) is 0.0187.